The van der Waals surface area contributed by atoms with E-state index in [0.29, 0.717) is 5.17 Å². The van der Waals surface area contributed by atoms with E-state index in [0.717, 1.165) is 30.7 Å². The maximum absolute atomic E-state index is 12.3. The molecule has 0 radical (unpaired) electrons. The molecule has 116 valence electrons. The predicted molar refractivity (Wildman–Crippen MR) is 89.6 cm³/mol. The third-order valence-electron chi connectivity index (χ3n) is 4.08. The van der Waals surface area contributed by atoms with Crippen LogP contribution in [0.15, 0.2) is 23.2 Å². The van der Waals surface area contributed by atoms with Gasteiger partial charge in [0.1, 0.15) is 0 Å². The normalized spacial score (nSPS) is 16.8. The van der Waals surface area contributed by atoms with Crippen molar-refractivity contribution in [1.82, 2.24) is 5.32 Å². The van der Waals surface area contributed by atoms with E-state index in [1.807, 2.05) is 12.1 Å². The van der Waals surface area contributed by atoms with E-state index in [2.05, 4.69) is 16.4 Å². The number of ketones is 1. The molecular formula is C17H20N2O2S. The number of thioether (sulfide) groups is 1. The van der Waals surface area contributed by atoms with Gasteiger partial charge in [0, 0.05) is 24.2 Å². The topological polar surface area (TPSA) is 58.5 Å². The first-order valence-corrected chi connectivity index (χ1v) is 8.83. The van der Waals surface area contributed by atoms with Gasteiger partial charge in [0.05, 0.1) is 6.54 Å². The monoisotopic (exact) mass is 316 g/mol. The number of rotatable bonds is 4. The highest BCUT2D eigenvalue weighted by atomic mass is 32.2. The minimum atomic E-state index is -0.125. The molecule has 5 heteroatoms. The number of aryl methyl sites for hydroxylation is 2. The Morgan fingerprint density at radius 3 is 2.73 bits per heavy atom. The Morgan fingerprint density at radius 1 is 1.14 bits per heavy atom. The number of nitrogens with one attached hydrogen (secondary N) is 1. The molecule has 0 spiro atoms. The third kappa shape index (κ3) is 3.77. The molecule has 4 nitrogen and oxygen atoms in total. The standard InChI is InChI=1S/C17H20N2O2S/c20-15(7-8-16(21)19-17-18-9-10-22-17)14-6-5-12-3-1-2-4-13(12)11-14/h5-6,11H,1-4,7-10H2,(H,18,19,21). The second-order valence-electron chi connectivity index (χ2n) is 5.70. The number of carbonyl (C=O) groups excluding carboxylic acids is 2. The average Bonchev–Trinajstić information content (AvgIpc) is 3.05. The highest BCUT2D eigenvalue weighted by molar-refractivity contribution is 8.14. The molecule has 1 aromatic carbocycles. The van der Waals surface area contributed by atoms with Crippen LogP contribution >= 0.6 is 11.8 Å². The molecule has 0 saturated carbocycles. The molecule has 1 aliphatic heterocycles. The summed E-state index contributed by atoms with van der Waals surface area (Å²) in [4.78, 5) is 28.2. The van der Waals surface area contributed by atoms with Gasteiger partial charge in [-0.2, -0.15) is 0 Å². The van der Waals surface area contributed by atoms with Gasteiger partial charge in [0.25, 0.3) is 0 Å². The summed E-state index contributed by atoms with van der Waals surface area (Å²) in [7, 11) is 0. The van der Waals surface area contributed by atoms with Crippen LogP contribution in [0.25, 0.3) is 0 Å². The second-order valence-corrected chi connectivity index (χ2v) is 6.78. The number of fused-ring (bicyclic) bond motifs is 1. The highest BCUT2D eigenvalue weighted by Crippen LogP contribution is 2.23. The number of hydrogen-bond donors (Lipinski definition) is 1. The van der Waals surface area contributed by atoms with Crippen LogP contribution in [0.2, 0.25) is 0 Å². The van der Waals surface area contributed by atoms with Crippen LogP contribution in [-0.4, -0.2) is 29.2 Å². The second kappa shape index (κ2) is 7.09. The Balaban J connectivity index is 1.54. The van der Waals surface area contributed by atoms with Gasteiger partial charge in [-0.15, -0.1) is 0 Å². The molecule has 0 bridgehead atoms. The molecule has 0 unspecified atom stereocenters. The number of hydrogen-bond acceptors (Lipinski definition) is 4. The minimum Gasteiger partial charge on any atom is -0.305 e. The Hall–Kier alpha value is -1.62. The number of amidine groups is 1. The first-order chi connectivity index (χ1) is 10.7. The Morgan fingerprint density at radius 2 is 1.95 bits per heavy atom. The number of aliphatic imine (C=N–C) groups is 1. The average molecular weight is 316 g/mol. The summed E-state index contributed by atoms with van der Waals surface area (Å²) in [5.74, 6) is 0.841. The molecule has 3 rings (SSSR count). The van der Waals surface area contributed by atoms with Crippen LogP contribution < -0.4 is 5.32 Å². The quantitative estimate of drug-likeness (QED) is 0.869. The van der Waals surface area contributed by atoms with Gasteiger partial charge in [-0.3, -0.25) is 14.6 Å². The number of amides is 1. The zero-order valence-electron chi connectivity index (χ0n) is 12.6. The number of Topliss-reactive ketones (excluding diaryl/α,β-unsaturated/α-hetero) is 1. The molecule has 0 atom stereocenters. The summed E-state index contributed by atoms with van der Waals surface area (Å²) in [5.41, 5.74) is 3.41. The largest absolute Gasteiger partial charge is 0.305 e. The SMILES string of the molecule is O=C(CCC(=O)c1ccc2c(c1)CCCC2)NC1=NCCS1. The molecule has 1 amide bonds. The van der Waals surface area contributed by atoms with Crippen LogP contribution in [0.1, 0.15) is 47.2 Å². The van der Waals surface area contributed by atoms with Gasteiger partial charge < -0.3 is 5.32 Å². The maximum Gasteiger partial charge on any atom is 0.226 e. The van der Waals surface area contributed by atoms with Crippen molar-refractivity contribution in [1.29, 1.82) is 0 Å². The molecule has 0 saturated heterocycles. The number of benzene rings is 1. The fourth-order valence-corrected chi connectivity index (χ4v) is 3.62. The molecule has 2 aliphatic rings. The first kappa shape index (κ1) is 15.3. The molecule has 0 aromatic heterocycles. The fraction of sp³-hybridized carbons (Fsp3) is 0.471. The molecule has 0 fully saturated rings. The lowest BCUT2D eigenvalue weighted by Crippen LogP contribution is -2.27. The molecule has 1 N–H and O–H groups in total. The van der Waals surface area contributed by atoms with E-state index in [1.54, 1.807) is 11.8 Å². The fourth-order valence-electron chi connectivity index (χ4n) is 2.87. The van der Waals surface area contributed by atoms with Crippen molar-refractivity contribution in [2.24, 2.45) is 4.99 Å². The van der Waals surface area contributed by atoms with Gasteiger partial charge in [-0.1, -0.05) is 23.9 Å². The van der Waals surface area contributed by atoms with Crippen molar-refractivity contribution >= 4 is 28.6 Å². The van der Waals surface area contributed by atoms with Gasteiger partial charge in [0.2, 0.25) is 5.91 Å². The number of carbonyl (C=O) groups is 2. The summed E-state index contributed by atoms with van der Waals surface area (Å²) in [5, 5.41) is 3.44. The maximum atomic E-state index is 12.3. The zero-order chi connectivity index (χ0) is 15.4. The van der Waals surface area contributed by atoms with Crippen molar-refractivity contribution in [3.05, 3.63) is 34.9 Å². The van der Waals surface area contributed by atoms with E-state index in [-0.39, 0.29) is 24.5 Å². The van der Waals surface area contributed by atoms with Crippen molar-refractivity contribution in [2.45, 2.75) is 38.5 Å². The van der Waals surface area contributed by atoms with Gasteiger partial charge in [-0.05, 0) is 42.9 Å². The van der Waals surface area contributed by atoms with E-state index in [9.17, 15) is 9.59 Å². The first-order valence-electron chi connectivity index (χ1n) is 7.84. The summed E-state index contributed by atoms with van der Waals surface area (Å²) in [6, 6.07) is 6.00. The lowest BCUT2D eigenvalue weighted by molar-refractivity contribution is -0.119. The Bertz CT molecular complexity index is 625. The van der Waals surface area contributed by atoms with Gasteiger partial charge >= 0.3 is 0 Å². The lowest BCUT2D eigenvalue weighted by atomic mass is 9.89. The van der Waals surface area contributed by atoms with Crippen LogP contribution in [-0.2, 0) is 17.6 Å². The third-order valence-corrected chi connectivity index (χ3v) is 4.97. The summed E-state index contributed by atoms with van der Waals surface area (Å²) in [6.07, 6.45) is 5.09. The van der Waals surface area contributed by atoms with Gasteiger partial charge in [-0.25, -0.2) is 0 Å². The van der Waals surface area contributed by atoms with Gasteiger partial charge in [0.15, 0.2) is 11.0 Å². The highest BCUT2D eigenvalue weighted by Gasteiger charge is 2.15. The molecule has 22 heavy (non-hydrogen) atoms. The van der Waals surface area contributed by atoms with Crippen LogP contribution in [0, 0.1) is 0 Å². The van der Waals surface area contributed by atoms with Crippen LogP contribution in [0.4, 0.5) is 0 Å². The van der Waals surface area contributed by atoms with Crippen molar-refractivity contribution in [2.75, 3.05) is 12.3 Å². The smallest absolute Gasteiger partial charge is 0.226 e. The summed E-state index contributed by atoms with van der Waals surface area (Å²) in [6.45, 7) is 0.758. The van der Waals surface area contributed by atoms with E-state index >= 15 is 0 Å². The Labute approximate surface area is 134 Å². The number of nitrogens with zero attached hydrogens (tertiary/aromatic N) is 1. The molecule has 1 heterocycles. The van der Waals surface area contributed by atoms with Crippen LogP contribution in [0.5, 0.6) is 0 Å². The summed E-state index contributed by atoms with van der Waals surface area (Å²) >= 11 is 1.55. The lowest BCUT2D eigenvalue weighted by Gasteiger charge is -2.16. The summed E-state index contributed by atoms with van der Waals surface area (Å²) < 4.78 is 0. The van der Waals surface area contributed by atoms with E-state index < -0.39 is 0 Å². The Kier molecular flexibility index (Phi) is 4.93. The van der Waals surface area contributed by atoms with Crippen LogP contribution in [0.3, 0.4) is 0 Å². The van der Waals surface area contributed by atoms with Crippen molar-refractivity contribution in [3.63, 3.8) is 0 Å². The van der Waals surface area contributed by atoms with Crippen molar-refractivity contribution in [3.8, 4) is 0 Å². The molecule has 1 aromatic rings. The molecular weight excluding hydrogens is 296 g/mol. The zero-order valence-corrected chi connectivity index (χ0v) is 13.4. The predicted octanol–water partition coefficient (Wildman–Crippen LogP) is 2.75. The van der Waals surface area contributed by atoms with Crippen molar-refractivity contribution < 1.29 is 9.59 Å². The minimum absolute atomic E-state index is 0.0459. The molecule has 1 aliphatic carbocycles. The van der Waals surface area contributed by atoms with E-state index in [1.165, 1.54) is 24.0 Å². The van der Waals surface area contributed by atoms with E-state index in [4.69, 9.17) is 0 Å².